The van der Waals surface area contributed by atoms with E-state index in [1.807, 2.05) is 36.4 Å². The van der Waals surface area contributed by atoms with Crippen LogP contribution in [0.4, 0.5) is 0 Å². The lowest BCUT2D eigenvalue weighted by molar-refractivity contribution is 0.199. The molecule has 94 valence electrons. The van der Waals surface area contributed by atoms with Crippen molar-refractivity contribution in [3.8, 4) is 0 Å². The van der Waals surface area contributed by atoms with E-state index in [1.54, 1.807) is 24.9 Å². The molecule has 0 aliphatic carbocycles. The quantitative estimate of drug-likeness (QED) is 0.856. The maximum atomic E-state index is 9.51. The Hall–Kier alpha value is -1.03. The number of rotatable bonds is 4. The highest BCUT2D eigenvalue weighted by molar-refractivity contribution is 7.98. The third kappa shape index (κ3) is 3.73. The number of benzene rings is 1. The molecule has 0 radical (unpaired) electrons. The van der Waals surface area contributed by atoms with Crippen LogP contribution in [-0.2, 0) is 5.75 Å². The second kappa shape index (κ2) is 6.23. The highest BCUT2D eigenvalue weighted by Gasteiger charge is 2.03. The fraction of sp³-hybridized carbons (Fsp3) is 0.214. The molecular weight excluding hydrogens is 266 g/mol. The molecule has 0 aliphatic heterocycles. The Morgan fingerprint density at radius 2 is 2.00 bits per heavy atom. The van der Waals surface area contributed by atoms with Crippen LogP contribution in [0.25, 0.3) is 0 Å². The second-order valence-electron chi connectivity index (χ2n) is 4.02. The molecule has 2 nitrogen and oxygen atoms in total. The van der Waals surface area contributed by atoms with E-state index in [-0.39, 0.29) is 0 Å². The van der Waals surface area contributed by atoms with Crippen molar-refractivity contribution in [2.75, 3.05) is 0 Å². The molecule has 2 rings (SSSR count). The molecule has 0 spiro atoms. The van der Waals surface area contributed by atoms with Crippen molar-refractivity contribution in [3.63, 3.8) is 0 Å². The molecule has 1 heterocycles. The molecule has 0 saturated carbocycles. The summed E-state index contributed by atoms with van der Waals surface area (Å²) in [6, 6.07) is 11.5. The van der Waals surface area contributed by atoms with E-state index >= 15 is 0 Å². The summed E-state index contributed by atoms with van der Waals surface area (Å²) in [4.78, 5) is 4.28. The minimum absolute atomic E-state index is 0.456. The summed E-state index contributed by atoms with van der Waals surface area (Å²) in [5, 5.41) is 11.2. The first-order valence-electron chi connectivity index (χ1n) is 5.66. The number of aliphatic hydroxyl groups is 1. The van der Waals surface area contributed by atoms with Gasteiger partial charge in [0.05, 0.1) is 11.1 Å². The van der Waals surface area contributed by atoms with Crippen molar-refractivity contribution in [2.24, 2.45) is 0 Å². The highest BCUT2D eigenvalue weighted by atomic mass is 35.5. The van der Waals surface area contributed by atoms with E-state index in [4.69, 9.17) is 11.6 Å². The predicted molar refractivity (Wildman–Crippen MR) is 75.9 cm³/mol. The zero-order valence-electron chi connectivity index (χ0n) is 10.0. The van der Waals surface area contributed by atoms with Gasteiger partial charge in [-0.05, 0) is 42.3 Å². The molecular formula is C14H14ClNOS. The summed E-state index contributed by atoms with van der Waals surface area (Å²) < 4.78 is 0. The van der Waals surface area contributed by atoms with Gasteiger partial charge in [-0.1, -0.05) is 23.7 Å². The van der Waals surface area contributed by atoms with E-state index in [0.717, 1.165) is 21.4 Å². The van der Waals surface area contributed by atoms with Gasteiger partial charge in [-0.2, -0.15) is 0 Å². The average Bonchev–Trinajstić information content (AvgIpc) is 2.38. The van der Waals surface area contributed by atoms with Crippen LogP contribution in [0.1, 0.15) is 24.2 Å². The fourth-order valence-electron chi connectivity index (χ4n) is 1.50. The Labute approximate surface area is 116 Å². The van der Waals surface area contributed by atoms with Crippen LogP contribution in [0.3, 0.4) is 0 Å². The molecule has 1 aromatic heterocycles. The lowest BCUT2D eigenvalue weighted by Crippen LogP contribution is -1.92. The van der Waals surface area contributed by atoms with Crippen LogP contribution < -0.4 is 0 Å². The van der Waals surface area contributed by atoms with Gasteiger partial charge in [0.25, 0.3) is 0 Å². The maximum Gasteiger partial charge on any atom is 0.0966 e. The van der Waals surface area contributed by atoms with E-state index in [1.165, 1.54) is 5.56 Å². The normalized spacial score (nSPS) is 12.4. The number of halogens is 1. The summed E-state index contributed by atoms with van der Waals surface area (Å²) in [5.74, 6) is 0.841. The van der Waals surface area contributed by atoms with Crippen molar-refractivity contribution < 1.29 is 5.11 Å². The topological polar surface area (TPSA) is 33.1 Å². The smallest absolute Gasteiger partial charge is 0.0966 e. The molecule has 0 saturated heterocycles. The Balaban J connectivity index is 2.01. The Morgan fingerprint density at radius 1 is 1.28 bits per heavy atom. The van der Waals surface area contributed by atoms with Crippen molar-refractivity contribution in [1.29, 1.82) is 0 Å². The summed E-state index contributed by atoms with van der Waals surface area (Å²) in [7, 11) is 0. The molecule has 0 amide bonds. The fourth-order valence-corrected chi connectivity index (χ4v) is 2.49. The minimum Gasteiger partial charge on any atom is -0.389 e. The summed E-state index contributed by atoms with van der Waals surface area (Å²) in [6.07, 6.45) is 1.27. The molecule has 1 aromatic carbocycles. The van der Waals surface area contributed by atoms with Gasteiger partial charge in [-0.25, -0.2) is 4.98 Å². The lowest BCUT2D eigenvalue weighted by Gasteiger charge is -2.06. The second-order valence-corrected chi connectivity index (χ2v) is 5.45. The van der Waals surface area contributed by atoms with Crippen LogP contribution in [0.15, 0.2) is 47.6 Å². The number of thioether (sulfide) groups is 1. The van der Waals surface area contributed by atoms with Crippen LogP contribution in [0, 0.1) is 0 Å². The predicted octanol–water partition coefficient (Wildman–Crippen LogP) is 4.08. The standard InChI is InChI=1S/C14H14ClNOS/c1-10(17)12-6-7-16-14(8-12)18-9-11-2-4-13(15)5-3-11/h2-8,10,17H,9H2,1H3. The third-order valence-electron chi connectivity index (χ3n) is 2.54. The summed E-state index contributed by atoms with van der Waals surface area (Å²) in [5.41, 5.74) is 2.09. The number of hydrogen-bond donors (Lipinski definition) is 1. The molecule has 1 atom stereocenters. The number of hydrogen-bond acceptors (Lipinski definition) is 3. The first-order valence-corrected chi connectivity index (χ1v) is 7.03. The van der Waals surface area contributed by atoms with Gasteiger partial charge >= 0.3 is 0 Å². The minimum atomic E-state index is -0.456. The molecule has 18 heavy (non-hydrogen) atoms. The summed E-state index contributed by atoms with van der Waals surface area (Å²) >= 11 is 7.48. The van der Waals surface area contributed by atoms with Gasteiger partial charge in [-0.3, -0.25) is 0 Å². The van der Waals surface area contributed by atoms with Gasteiger partial charge in [0.2, 0.25) is 0 Å². The van der Waals surface area contributed by atoms with Gasteiger partial charge in [0, 0.05) is 17.0 Å². The van der Waals surface area contributed by atoms with Crippen molar-refractivity contribution in [3.05, 3.63) is 58.7 Å². The van der Waals surface area contributed by atoms with E-state index < -0.39 is 6.10 Å². The monoisotopic (exact) mass is 279 g/mol. The van der Waals surface area contributed by atoms with Gasteiger partial charge in [0.1, 0.15) is 0 Å². The molecule has 0 bridgehead atoms. The van der Waals surface area contributed by atoms with Crippen LogP contribution >= 0.6 is 23.4 Å². The van der Waals surface area contributed by atoms with Gasteiger partial charge in [0.15, 0.2) is 0 Å². The first-order chi connectivity index (χ1) is 8.65. The van der Waals surface area contributed by atoms with Crippen molar-refractivity contribution >= 4 is 23.4 Å². The maximum absolute atomic E-state index is 9.51. The number of nitrogens with zero attached hydrogens (tertiary/aromatic N) is 1. The van der Waals surface area contributed by atoms with Crippen molar-refractivity contribution in [1.82, 2.24) is 4.98 Å². The molecule has 1 N–H and O–H groups in total. The van der Waals surface area contributed by atoms with Gasteiger partial charge in [-0.15, -0.1) is 11.8 Å². The summed E-state index contributed by atoms with van der Waals surface area (Å²) in [6.45, 7) is 1.75. The average molecular weight is 280 g/mol. The van der Waals surface area contributed by atoms with Gasteiger partial charge < -0.3 is 5.11 Å². The Morgan fingerprint density at radius 3 is 2.67 bits per heavy atom. The molecule has 4 heteroatoms. The Bertz CT molecular complexity index is 513. The lowest BCUT2D eigenvalue weighted by atomic mass is 10.2. The van der Waals surface area contributed by atoms with E-state index in [0.29, 0.717) is 0 Å². The van der Waals surface area contributed by atoms with Crippen LogP contribution in [0.2, 0.25) is 5.02 Å². The molecule has 1 unspecified atom stereocenters. The Kier molecular flexibility index (Phi) is 4.64. The molecule has 0 aliphatic rings. The number of aliphatic hydroxyl groups excluding tert-OH is 1. The molecule has 2 aromatic rings. The highest BCUT2D eigenvalue weighted by Crippen LogP contribution is 2.24. The largest absolute Gasteiger partial charge is 0.389 e. The van der Waals surface area contributed by atoms with Crippen molar-refractivity contribution in [2.45, 2.75) is 23.8 Å². The number of pyridine rings is 1. The van der Waals surface area contributed by atoms with Crippen LogP contribution in [0.5, 0.6) is 0 Å². The van der Waals surface area contributed by atoms with E-state index in [2.05, 4.69) is 4.98 Å². The number of aromatic nitrogens is 1. The van der Waals surface area contributed by atoms with E-state index in [9.17, 15) is 5.11 Å². The first kappa shape index (κ1) is 13.4. The zero-order chi connectivity index (χ0) is 13.0. The SMILES string of the molecule is CC(O)c1ccnc(SCc2ccc(Cl)cc2)c1. The zero-order valence-corrected chi connectivity index (χ0v) is 11.6. The third-order valence-corrected chi connectivity index (χ3v) is 3.79. The molecule has 0 fully saturated rings. The van der Waals surface area contributed by atoms with Crippen LogP contribution in [-0.4, -0.2) is 10.1 Å².